The van der Waals surface area contributed by atoms with Crippen molar-refractivity contribution < 1.29 is 8.78 Å². The van der Waals surface area contributed by atoms with E-state index in [2.05, 4.69) is 14.7 Å². The van der Waals surface area contributed by atoms with E-state index in [1.807, 2.05) is 13.8 Å². The van der Waals surface area contributed by atoms with Gasteiger partial charge in [0.25, 0.3) is 0 Å². The second-order valence-electron chi connectivity index (χ2n) is 4.21. The minimum absolute atomic E-state index is 0.278. The Morgan fingerprint density at radius 1 is 1.28 bits per heavy atom. The van der Waals surface area contributed by atoms with Crippen LogP contribution < -0.4 is 5.32 Å². The molecule has 0 saturated carbocycles. The van der Waals surface area contributed by atoms with Crippen LogP contribution in [0.5, 0.6) is 0 Å². The third-order valence-corrected chi connectivity index (χ3v) is 3.07. The van der Waals surface area contributed by atoms with E-state index in [9.17, 15) is 8.78 Å². The number of hydrogen-bond acceptors (Lipinski definition) is 4. The van der Waals surface area contributed by atoms with Gasteiger partial charge in [-0.25, -0.2) is 13.8 Å². The minimum Gasteiger partial charge on any atom is -0.356 e. The minimum atomic E-state index is -0.838. The Morgan fingerprint density at radius 2 is 2.06 bits per heavy atom. The van der Waals surface area contributed by atoms with Crippen molar-refractivity contribution in [2.45, 2.75) is 26.3 Å². The van der Waals surface area contributed by atoms with Crippen molar-refractivity contribution in [1.29, 1.82) is 0 Å². The predicted molar refractivity (Wildman–Crippen MR) is 67.7 cm³/mol. The fourth-order valence-corrected chi connectivity index (χ4v) is 2.07. The summed E-state index contributed by atoms with van der Waals surface area (Å²) in [7, 11) is 0. The highest BCUT2D eigenvalue weighted by molar-refractivity contribution is 7.09. The lowest BCUT2D eigenvalue weighted by molar-refractivity contribution is 0.507. The number of rotatable bonds is 4. The van der Waals surface area contributed by atoms with Crippen molar-refractivity contribution in [3.8, 4) is 0 Å². The standard InChI is InChI=1S/C12H13F2N3S/c1-7(2)11-16-12(18-17-11)15-6-8-3-4-9(13)10(14)5-8/h3-5,7H,6H2,1-2H3,(H,15,16,17). The fraction of sp³-hybridized carbons (Fsp3) is 0.333. The smallest absolute Gasteiger partial charge is 0.202 e. The zero-order valence-corrected chi connectivity index (χ0v) is 10.9. The number of hydrogen-bond donors (Lipinski definition) is 1. The molecule has 1 aromatic carbocycles. The molecule has 2 aromatic rings. The van der Waals surface area contributed by atoms with Crippen molar-refractivity contribution >= 4 is 16.7 Å². The van der Waals surface area contributed by atoms with E-state index in [1.54, 1.807) is 0 Å². The zero-order valence-electron chi connectivity index (χ0n) is 10.1. The van der Waals surface area contributed by atoms with Gasteiger partial charge in [0.15, 0.2) is 11.6 Å². The topological polar surface area (TPSA) is 37.8 Å². The maximum atomic E-state index is 13.0. The number of aromatic nitrogens is 2. The first-order valence-corrected chi connectivity index (χ1v) is 6.35. The van der Waals surface area contributed by atoms with Crippen LogP contribution in [0.4, 0.5) is 13.9 Å². The molecule has 2 rings (SSSR count). The molecule has 0 fully saturated rings. The Balaban J connectivity index is 2.00. The Labute approximate surface area is 108 Å². The summed E-state index contributed by atoms with van der Waals surface area (Å²) in [6, 6.07) is 3.83. The molecule has 1 heterocycles. The molecule has 18 heavy (non-hydrogen) atoms. The van der Waals surface area contributed by atoms with Gasteiger partial charge in [0.2, 0.25) is 5.13 Å². The molecular weight excluding hydrogens is 256 g/mol. The van der Waals surface area contributed by atoms with Gasteiger partial charge in [-0.3, -0.25) is 0 Å². The molecule has 1 N–H and O–H groups in total. The van der Waals surface area contributed by atoms with Crippen molar-refractivity contribution in [3.63, 3.8) is 0 Å². The van der Waals surface area contributed by atoms with E-state index in [0.717, 1.165) is 11.9 Å². The molecule has 96 valence electrons. The molecule has 0 aliphatic rings. The first-order valence-electron chi connectivity index (χ1n) is 5.57. The van der Waals surface area contributed by atoms with E-state index in [4.69, 9.17) is 0 Å². The molecule has 0 amide bonds. The molecular formula is C12H13F2N3S. The third-order valence-electron chi connectivity index (χ3n) is 2.39. The lowest BCUT2D eigenvalue weighted by atomic mass is 10.2. The first-order chi connectivity index (χ1) is 8.56. The van der Waals surface area contributed by atoms with E-state index >= 15 is 0 Å². The normalized spacial score (nSPS) is 10.9. The molecule has 0 radical (unpaired) electrons. The highest BCUT2D eigenvalue weighted by atomic mass is 32.1. The lowest BCUT2D eigenvalue weighted by Crippen LogP contribution is -2.00. The van der Waals surface area contributed by atoms with Crippen LogP contribution in [0.25, 0.3) is 0 Å². The summed E-state index contributed by atoms with van der Waals surface area (Å²) in [5.41, 5.74) is 0.662. The zero-order chi connectivity index (χ0) is 13.1. The van der Waals surface area contributed by atoms with Crippen molar-refractivity contribution in [3.05, 3.63) is 41.2 Å². The molecule has 0 aliphatic heterocycles. The number of benzene rings is 1. The first kappa shape index (κ1) is 12.9. The molecule has 0 bridgehead atoms. The lowest BCUT2D eigenvalue weighted by Gasteiger charge is -2.03. The van der Waals surface area contributed by atoms with Crippen molar-refractivity contribution in [1.82, 2.24) is 9.36 Å². The van der Waals surface area contributed by atoms with Crippen molar-refractivity contribution in [2.24, 2.45) is 0 Å². The van der Waals surface area contributed by atoms with Crippen molar-refractivity contribution in [2.75, 3.05) is 5.32 Å². The van der Waals surface area contributed by atoms with Gasteiger partial charge in [0, 0.05) is 24.0 Å². The number of nitrogens with one attached hydrogen (secondary N) is 1. The summed E-state index contributed by atoms with van der Waals surface area (Å²) in [4.78, 5) is 4.29. The number of anilines is 1. The summed E-state index contributed by atoms with van der Waals surface area (Å²) in [6.45, 7) is 4.42. The number of nitrogens with zero attached hydrogens (tertiary/aromatic N) is 2. The number of halogens is 2. The Kier molecular flexibility index (Phi) is 3.86. The highest BCUT2D eigenvalue weighted by Gasteiger charge is 2.08. The monoisotopic (exact) mass is 269 g/mol. The van der Waals surface area contributed by atoms with Crippen LogP contribution in [0.3, 0.4) is 0 Å². The molecule has 1 aromatic heterocycles. The van der Waals surface area contributed by atoms with Gasteiger partial charge in [0.1, 0.15) is 5.82 Å². The molecule has 0 unspecified atom stereocenters. The van der Waals surface area contributed by atoms with Gasteiger partial charge < -0.3 is 5.32 Å². The molecule has 0 aliphatic carbocycles. The highest BCUT2D eigenvalue weighted by Crippen LogP contribution is 2.18. The maximum absolute atomic E-state index is 13.0. The van der Waals surface area contributed by atoms with Crippen LogP contribution in [0, 0.1) is 11.6 Å². The summed E-state index contributed by atoms with van der Waals surface area (Å²) in [6.07, 6.45) is 0. The van der Waals surface area contributed by atoms with Gasteiger partial charge in [-0.05, 0) is 17.7 Å². The molecule has 0 spiro atoms. The summed E-state index contributed by atoms with van der Waals surface area (Å²) < 4.78 is 29.9. The summed E-state index contributed by atoms with van der Waals surface area (Å²) in [5.74, 6) is -0.612. The molecule has 3 nitrogen and oxygen atoms in total. The van der Waals surface area contributed by atoms with E-state index < -0.39 is 11.6 Å². The quantitative estimate of drug-likeness (QED) is 0.922. The van der Waals surface area contributed by atoms with Gasteiger partial charge in [0.05, 0.1) is 0 Å². The van der Waals surface area contributed by atoms with E-state index in [1.165, 1.54) is 23.7 Å². The SMILES string of the molecule is CC(C)c1nsc(NCc2ccc(F)c(F)c2)n1. The molecule has 0 atom stereocenters. The fourth-order valence-electron chi connectivity index (χ4n) is 1.37. The van der Waals surface area contributed by atoms with Crippen LogP contribution in [0.1, 0.15) is 31.2 Å². The maximum Gasteiger partial charge on any atom is 0.202 e. The third kappa shape index (κ3) is 3.01. The van der Waals surface area contributed by atoms with Crippen LogP contribution in [-0.2, 0) is 6.54 Å². The van der Waals surface area contributed by atoms with Crippen LogP contribution in [0.15, 0.2) is 18.2 Å². The Morgan fingerprint density at radius 3 is 2.67 bits per heavy atom. The Bertz CT molecular complexity index is 540. The van der Waals surface area contributed by atoms with E-state index in [-0.39, 0.29) is 5.92 Å². The average Bonchev–Trinajstić information content (AvgIpc) is 2.79. The second kappa shape index (κ2) is 5.39. The van der Waals surface area contributed by atoms with E-state index in [0.29, 0.717) is 17.2 Å². The molecule has 0 saturated heterocycles. The predicted octanol–water partition coefficient (Wildman–Crippen LogP) is 3.55. The van der Waals surface area contributed by atoms with Crippen LogP contribution in [0.2, 0.25) is 0 Å². The van der Waals surface area contributed by atoms with Crippen LogP contribution in [-0.4, -0.2) is 9.36 Å². The average molecular weight is 269 g/mol. The van der Waals surface area contributed by atoms with Crippen LogP contribution >= 0.6 is 11.5 Å². The molecule has 6 heteroatoms. The van der Waals surface area contributed by atoms with Gasteiger partial charge >= 0.3 is 0 Å². The van der Waals surface area contributed by atoms with Gasteiger partial charge in [-0.2, -0.15) is 4.37 Å². The summed E-state index contributed by atoms with van der Waals surface area (Å²) in [5, 5.41) is 3.72. The summed E-state index contributed by atoms with van der Waals surface area (Å²) >= 11 is 1.26. The second-order valence-corrected chi connectivity index (χ2v) is 4.97. The largest absolute Gasteiger partial charge is 0.356 e. The van der Waals surface area contributed by atoms with Gasteiger partial charge in [-0.1, -0.05) is 19.9 Å². The van der Waals surface area contributed by atoms with Gasteiger partial charge in [-0.15, -0.1) is 0 Å². The Hall–Kier alpha value is -1.56.